The lowest BCUT2D eigenvalue weighted by molar-refractivity contribution is 1.29. The number of hydrogen-bond acceptors (Lipinski definition) is 3. The summed E-state index contributed by atoms with van der Waals surface area (Å²) in [5.41, 5.74) is 8.26. The van der Waals surface area contributed by atoms with Crippen LogP contribution in [0.1, 0.15) is 0 Å². The molecule has 0 fully saturated rings. The molecule has 3 nitrogen and oxygen atoms in total. The SMILES string of the molecule is Nc1cccnc1-c1ccncc1. The van der Waals surface area contributed by atoms with Gasteiger partial charge in [-0.3, -0.25) is 9.97 Å². The van der Waals surface area contributed by atoms with Gasteiger partial charge in [0, 0.05) is 24.2 Å². The highest BCUT2D eigenvalue weighted by Gasteiger charge is 2.00. The predicted molar refractivity (Wildman–Crippen MR) is 51.9 cm³/mol. The van der Waals surface area contributed by atoms with Crippen LogP contribution in [0.3, 0.4) is 0 Å². The molecule has 13 heavy (non-hydrogen) atoms. The zero-order valence-corrected chi connectivity index (χ0v) is 7.01. The van der Waals surface area contributed by atoms with Crippen LogP contribution in [0.4, 0.5) is 5.69 Å². The molecule has 0 saturated carbocycles. The van der Waals surface area contributed by atoms with Crippen LogP contribution in [0.5, 0.6) is 0 Å². The van der Waals surface area contributed by atoms with Crippen molar-refractivity contribution in [3.05, 3.63) is 42.9 Å². The van der Waals surface area contributed by atoms with E-state index < -0.39 is 0 Å². The van der Waals surface area contributed by atoms with Crippen molar-refractivity contribution in [2.24, 2.45) is 0 Å². The van der Waals surface area contributed by atoms with Crippen molar-refractivity contribution in [3.63, 3.8) is 0 Å². The van der Waals surface area contributed by atoms with E-state index in [1.165, 1.54) is 0 Å². The fourth-order valence-electron chi connectivity index (χ4n) is 1.17. The Morgan fingerprint density at radius 2 is 1.77 bits per heavy atom. The molecular weight excluding hydrogens is 162 g/mol. The van der Waals surface area contributed by atoms with Gasteiger partial charge in [-0.2, -0.15) is 0 Å². The summed E-state index contributed by atoms with van der Waals surface area (Å²) in [5, 5.41) is 0. The molecule has 0 aliphatic carbocycles. The lowest BCUT2D eigenvalue weighted by atomic mass is 10.1. The largest absolute Gasteiger partial charge is 0.397 e. The summed E-state index contributed by atoms with van der Waals surface area (Å²) in [6.45, 7) is 0. The first-order valence-electron chi connectivity index (χ1n) is 3.99. The van der Waals surface area contributed by atoms with E-state index in [2.05, 4.69) is 9.97 Å². The molecule has 0 aliphatic rings. The van der Waals surface area contributed by atoms with E-state index in [4.69, 9.17) is 5.73 Å². The first-order chi connectivity index (χ1) is 6.38. The molecule has 0 aromatic carbocycles. The maximum absolute atomic E-state index is 5.77. The highest BCUT2D eigenvalue weighted by Crippen LogP contribution is 2.21. The topological polar surface area (TPSA) is 51.8 Å². The molecule has 2 rings (SSSR count). The van der Waals surface area contributed by atoms with Crippen LogP contribution in [0.2, 0.25) is 0 Å². The van der Waals surface area contributed by atoms with Crippen molar-refractivity contribution < 1.29 is 0 Å². The molecule has 2 heterocycles. The lowest BCUT2D eigenvalue weighted by Crippen LogP contribution is -1.92. The molecule has 3 heteroatoms. The molecular formula is C10H9N3. The molecule has 2 aromatic rings. The molecule has 0 bridgehead atoms. The quantitative estimate of drug-likeness (QED) is 0.710. The van der Waals surface area contributed by atoms with Crippen molar-refractivity contribution >= 4 is 5.69 Å². The Morgan fingerprint density at radius 3 is 2.46 bits per heavy atom. The van der Waals surface area contributed by atoms with Crippen LogP contribution in [0.25, 0.3) is 11.3 Å². The van der Waals surface area contributed by atoms with Crippen LogP contribution in [0, 0.1) is 0 Å². The summed E-state index contributed by atoms with van der Waals surface area (Å²) in [5.74, 6) is 0. The summed E-state index contributed by atoms with van der Waals surface area (Å²) in [6, 6.07) is 7.43. The summed E-state index contributed by atoms with van der Waals surface area (Å²) in [4.78, 5) is 8.13. The minimum Gasteiger partial charge on any atom is -0.397 e. The van der Waals surface area contributed by atoms with Crippen molar-refractivity contribution in [2.75, 3.05) is 5.73 Å². The third-order valence-corrected chi connectivity index (χ3v) is 1.79. The molecule has 64 valence electrons. The second kappa shape index (κ2) is 3.23. The summed E-state index contributed by atoms with van der Waals surface area (Å²) in [7, 11) is 0. The molecule has 0 amide bonds. The molecule has 0 radical (unpaired) electrons. The Kier molecular flexibility index (Phi) is 1.92. The van der Waals surface area contributed by atoms with Gasteiger partial charge in [-0.1, -0.05) is 0 Å². The molecule has 0 atom stereocenters. The smallest absolute Gasteiger partial charge is 0.0932 e. The maximum atomic E-state index is 5.77. The number of hydrogen-bond donors (Lipinski definition) is 1. The zero-order valence-electron chi connectivity index (χ0n) is 7.01. The summed E-state index contributed by atoms with van der Waals surface area (Å²) >= 11 is 0. The van der Waals surface area contributed by atoms with E-state index >= 15 is 0 Å². The lowest BCUT2D eigenvalue weighted by Gasteiger charge is -2.02. The van der Waals surface area contributed by atoms with E-state index in [0.29, 0.717) is 5.69 Å². The Balaban J connectivity index is 2.54. The van der Waals surface area contributed by atoms with E-state index in [9.17, 15) is 0 Å². The Morgan fingerprint density at radius 1 is 1.00 bits per heavy atom. The number of nitrogens with two attached hydrogens (primary N) is 1. The molecule has 0 unspecified atom stereocenters. The van der Waals surface area contributed by atoms with Crippen LogP contribution >= 0.6 is 0 Å². The van der Waals surface area contributed by atoms with E-state index in [0.717, 1.165) is 11.3 Å². The third-order valence-electron chi connectivity index (χ3n) is 1.79. The van der Waals surface area contributed by atoms with Crippen molar-refractivity contribution in [1.82, 2.24) is 9.97 Å². The zero-order chi connectivity index (χ0) is 9.10. The number of nitrogen functional groups attached to an aromatic ring is 1. The number of aromatic nitrogens is 2. The van der Waals surface area contributed by atoms with Crippen LogP contribution in [0.15, 0.2) is 42.9 Å². The number of rotatable bonds is 1. The Bertz CT molecular complexity index is 398. The predicted octanol–water partition coefficient (Wildman–Crippen LogP) is 1.73. The van der Waals surface area contributed by atoms with E-state index in [1.807, 2.05) is 24.3 Å². The normalized spacial score (nSPS) is 9.85. The second-order valence-corrected chi connectivity index (χ2v) is 2.68. The third kappa shape index (κ3) is 1.49. The van der Waals surface area contributed by atoms with E-state index in [1.54, 1.807) is 18.6 Å². The molecule has 2 N–H and O–H groups in total. The van der Waals surface area contributed by atoms with Gasteiger partial charge < -0.3 is 5.73 Å². The van der Waals surface area contributed by atoms with Gasteiger partial charge in [0.15, 0.2) is 0 Å². The van der Waals surface area contributed by atoms with Gasteiger partial charge in [-0.05, 0) is 24.3 Å². The first kappa shape index (κ1) is 7.73. The molecule has 0 spiro atoms. The number of pyridine rings is 2. The van der Waals surface area contributed by atoms with Gasteiger partial charge in [0.2, 0.25) is 0 Å². The molecule has 2 aromatic heterocycles. The summed E-state index contributed by atoms with van der Waals surface area (Å²) in [6.07, 6.45) is 5.18. The van der Waals surface area contributed by atoms with E-state index in [-0.39, 0.29) is 0 Å². The van der Waals surface area contributed by atoms with Crippen LogP contribution in [-0.4, -0.2) is 9.97 Å². The standard InChI is InChI=1S/C10H9N3/c11-9-2-1-5-13-10(9)8-3-6-12-7-4-8/h1-7H,11H2. The van der Waals surface area contributed by atoms with Gasteiger partial charge in [0.25, 0.3) is 0 Å². The van der Waals surface area contributed by atoms with Crippen LogP contribution < -0.4 is 5.73 Å². The van der Waals surface area contributed by atoms with Gasteiger partial charge in [-0.25, -0.2) is 0 Å². The summed E-state index contributed by atoms with van der Waals surface area (Å²) < 4.78 is 0. The fourth-order valence-corrected chi connectivity index (χ4v) is 1.17. The van der Waals surface area contributed by atoms with Gasteiger partial charge in [0.05, 0.1) is 11.4 Å². The maximum Gasteiger partial charge on any atom is 0.0932 e. The Hall–Kier alpha value is -1.90. The fraction of sp³-hybridized carbons (Fsp3) is 0. The first-order valence-corrected chi connectivity index (χ1v) is 3.99. The van der Waals surface area contributed by atoms with Crippen molar-refractivity contribution in [1.29, 1.82) is 0 Å². The van der Waals surface area contributed by atoms with Gasteiger partial charge >= 0.3 is 0 Å². The Labute approximate surface area is 76.3 Å². The van der Waals surface area contributed by atoms with Crippen molar-refractivity contribution in [3.8, 4) is 11.3 Å². The highest BCUT2D eigenvalue weighted by molar-refractivity contribution is 5.71. The minimum atomic E-state index is 0.689. The van der Waals surface area contributed by atoms with Crippen LogP contribution in [-0.2, 0) is 0 Å². The number of nitrogens with zero attached hydrogens (tertiary/aromatic N) is 2. The second-order valence-electron chi connectivity index (χ2n) is 2.68. The molecule has 0 aliphatic heterocycles. The van der Waals surface area contributed by atoms with Crippen molar-refractivity contribution in [2.45, 2.75) is 0 Å². The van der Waals surface area contributed by atoms with Gasteiger partial charge in [-0.15, -0.1) is 0 Å². The highest BCUT2D eigenvalue weighted by atomic mass is 14.7. The average Bonchev–Trinajstić information content (AvgIpc) is 2.20. The monoisotopic (exact) mass is 171 g/mol. The average molecular weight is 171 g/mol. The molecule has 0 saturated heterocycles. The minimum absolute atomic E-state index is 0.689. The number of anilines is 1. The van der Waals surface area contributed by atoms with Gasteiger partial charge in [0.1, 0.15) is 0 Å².